The number of carbonyl (C=O) groups is 2. The Labute approximate surface area is 147 Å². The minimum Gasteiger partial charge on any atom is -0.350 e. The zero-order valence-electron chi connectivity index (χ0n) is 15.2. The molecule has 0 bridgehead atoms. The lowest BCUT2D eigenvalue weighted by atomic mass is 9.85. The van der Waals surface area contributed by atoms with Crippen molar-refractivity contribution in [2.24, 2.45) is 7.05 Å². The highest BCUT2D eigenvalue weighted by Gasteiger charge is 2.49. The lowest BCUT2D eigenvalue weighted by Gasteiger charge is -2.48. The van der Waals surface area contributed by atoms with E-state index in [-0.39, 0.29) is 11.8 Å². The first-order valence-corrected chi connectivity index (χ1v) is 8.48. The van der Waals surface area contributed by atoms with Crippen LogP contribution < -0.4 is 5.32 Å². The number of carbonyl (C=O) groups excluding carboxylic acids is 2. The van der Waals surface area contributed by atoms with Crippen LogP contribution in [0.15, 0.2) is 30.3 Å². The van der Waals surface area contributed by atoms with E-state index >= 15 is 0 Å². The molecule has 1 aliphatic heterocycles. The number of aromatic nitrogens is 2. The van der Waals surface area contributed by atoms with E-state index in [1.165, 1.54) is 5.56 Å². The van der Waals surface area contributed by atoms with Crippen LogP contribution >= 0.6 is 0 Å². The standard InChI is InChI=1S/C19H24N4O2/c1-13-5-7-15(8-6-13)12-20-18(25)19(3)9-10-23(19)17(24)16-11-14(2)22(4)21-16/h5-8,11H,9-10,12H2,1-4H3,(H,20,25). The fourth-order valence-electron chi connectivity index (χ4n) is 3.00. The van der Waals surface area contributed by atoms with Crippen LogP contribution in [0.2, 0.25) is 0 Å². The molecule has 0 radical (unpaired) electrons. The maximum absolute atomic E-state index is 12.7. The molecule has 1 aliphatic rings. The predicted molar refractivity (Wildman–Crippen MR) is 95.0 cm³/mol. The molecule has 0 spiro atoms. The second-order valence-electron chi connectivity index (χ2n) is 6.94. The highest BCUT2D eigenvalue weighted by Crippen LogP contribution is 2.32. The first kappa shape index (κ1) is 17.2. The van der Waals surface area contributed by atoms with Gasteiger partial charge in [-0.15, -0.1) is 0 Å². The van der Waals surface area contributed by atoms with Gasteiger partial charge in [-0.3, -0.25) is 14.3 Å². The second-order valence-corrected chi connectivity index (χ2v) is 6.94. The Morgan fingerprint density at radius 2 is 1.92 bits per heavy atom. The Balaban J connectivity index is 1.67. The van der Waals surface area contributed by atoms with E-state index in [2.05, 4.69) is 10.4 Å². The van der Waals surface area contributed by atoms with Gasteiger partial charge in [0.05, 0.1) is 0 Å². The van der Waals surface area contributed by atoms with Gasteiger partial charge in [-0.2, -0.15) is 5.10 Å². The van der Waals surface area contributed by atoms with E-state index in [0.29, 0.717) is 25.2 Å². The molecule has 1 aromatic heterocycles. The van der Waals surface area contributed by atoms with Crippen molar-refractivity contribution in [3.63, 3.8) is 0 Å². The number of benzene rings is 1. The Morgan fingerprint density at radius 3 is 2.44 bits per heavy atom. The van der Waals surface area contributed by atoms with E-state index in [9.17, 15) is 9.59 Å². The van der Waals surface area contributed by atoms with Crippen molar-refractivity contribution in [1.82, 2.24) is 20.0 Å². The number of aryl methyl sites for hydroxylation is 3. The molecule has 2 heterocycles. The topological polar surface area (TPSA) is 67.2 Å². The summed E-state index contributed by atoms with van der Waals surface area (Å²) in [6.45, 7) is 6.77. The first-order chi connectivity index (χ1) is 11.8. The number of hydrogen-bond donors (Lipinski definition) is 1. The van der Waals surface area contributed by atoms with Gasteiger partial charge in [0.1, 0.15) is 5.54 Å². The van der Waals surface area contributed by atoms with Gasteiger partial charge >= 0.3 is 0 Å². The normalized spacial score (nSPS) is 19.4. The summed E-state index contributed by atoms with van der Waals surface area (Å²) in [6.07, 6.45) is 0.657. The molecule has 1 saturated heterocycles. The number of amides is 2. The van der Waals surface area contributed by atoms with Crippen molar-refractivity contribution in [2.45, 2.75) is 39.3 Å². The highest BCUT2D eigenvalue weighted by atomic mass is 16.2. The fraction of sp³-hybridized carbons (Fsp3) is 0.421. The molecule has 2 aromatic rings. The third-order valence-electron chi connectivity index (χ3n) is 5.06. The molecule has 2 amide bonds. The van der Waals surface area contributed by atoms with Gasteiger partial charge in [0.25, 0.3) is 5.91 Å². The van der Waals surface area contributed by atoms with Crippen LogP contribution in [0.1, 0.15) is 40.7 Å². The average molecular weight is 340 g/mol. The number of rotatable bonds is 4. The van der Waals surface area contributed by atoms with E-state index in [1.54, 1.807) is 22.7 Å². The molecule has 6 heteroatoms. The molecule has 1 N–H and O–H groups in total. The maximum atomic E-state index is 12.7. The smallest absolute Gasteiger partial charge is 0.275 e. The second kappa shape index (κ2) is 6.35. The SMILES string of the molecule is Cc1ccc(CNC(=O)C2(C)CCN2C(=O)c2cc(C)n(C)n2)cc1. The van der Waals surface area contributed by atoms with Crippen molar-refractivity contribution >= 4 is 11.8 Å². The van der Waals surface area contributed by atoms with Crippen LogP contribution in [-0.4, -0.2) is 38.6 Å². The summed E-state index contributed by atoms with van der Waals surface area (Å²) in [7, 11) is 1.80. The van der Waals surface area contributed by atoms with Crippen LogP contribution in [0.25, 0.3) is 0 Å². The molecule has 0 aliphatic carbocycles. The third kappa shape index (κ3) is 3.16. The number of nitrogens with one attached hydrogen (secondary N) is 1. The number of nitrogens with zero attached hydrogens (tertiary/aromatic N) is 3. The van der Waals surface area contributed by atoms with E-state index in [1.807, 2.05) is 45.0 Å². The molecule has 132 valence electrons. The van der Waals surface area contributed by atoms with Gasteiger partial charge in [0.2, 0.25) is 5.91 Å². The fourth-order valence-corrected chi connectivity index (χ4v) is 3.00. The molecule has 0 saturated carbocycles. The molecule has 3 rings (SSSR count). The summed E-state index contributed by atoms with van der Waals surface area (Å²) in [5.74, 6) is -0.316. The zero-order chi connectivity index (χ0) is 18.2. The number of likely N-dealkylation sites (tertiary alicyclic amines) is 1. The van der Waals surface area contributed by atoms with E-state index in [4.69, 9.17) is 0 Å². The van der Waals surface area contributed by atoms with Crippen molar-refractivity contribution in [1.29, 1.82) is 0 Å². The van der Waals surface area contributed by atoms with Crippen molar-refractivity contribution in [3.05, 3.63) is 52.8 Å². The van der Waals surface area contributed by atoms with Crippen LogP contribution in [0.4, 0.5) is 0 Å². The van der Waals surface area contributed by atoms with Gasteiger partial charge in [0, 0.05) is 25.8 Å². The zero-order valence-corrected chi connectivity index (χ0v) is 15.2. The summed E-state index contributed by atoms with van der Waals surface area (Å²) in [6, 6.07) is 9.79. The molecule has 6 nitrogen and oxygen atoms in total. The van der Waals surface area contributed by atoms with E-state index in [0.717, 1.165) is 11.3 Å². The summed E-state index contributed by atoms with van der Waals surface area (Å²) in [5.41, 5.74) is 2.71. The van der Waals surface area contributed by atoms with Gasteiger partial charge < -0.3 is 10.2 Å². The lowest BCUT2D eigenvalue weighted by Crippen LogP contribution is -2.67. The Morgan fingerprint density at radius 1 is 1.24 bits per heavy atom. The monoisotopic (exact) mass is 340 g/mol. The summed E-state index contributed by atoms with van der Waals surface area (Å²) < 4.78 is 1.67. The molecular formula is C19H24N4O2. The molecular weight excluding hydrogens is 316 g/mol. The molecule has 1 fully saturated rings. The summed E-state index contributed by atoms with van der Waals surface area (Å²) in [4.78, 5) is 27.0. The highest BCUT2D eigenvalue weighted by molar-refractivity contribution is 5.99. The Bertz CT molecular complexity index is 790. The van der Waals surface area contributed by atoms with Gasteiger partial charge in [-0.25, -0.2) is 0 Å². The summed E-state index contributed by atoms with van der Waals surface area (Å²) in [5, 5.41) is 7.19. The first-order valence-electron chi connectivity index (χ1n) is 8.48. The number of hydrogen-bond acceptors (Lipinski definition) is 3. The Kier molecular flexibility index (Phi) is 4.37. The molecule has 1 atom stereocenters. The third-order valence-corrected chi connectivity index (χ3v) is 5.06. The van der Waals surface area contributed by atoms with Crippen molar-refractivity contribution < 1.29 is 9.59 Å². The van der Waals surface area contributed by atoms with Crippen LogP contribution in [0, 0.1) is 13.8 Å². The average Bonchev–Trinajstić information content (AvgIpc) is 2.91. The largest absolute Gasteiger partial charge is 0.350 e. The van der Waals surface area contributed by atoms with E-state index < -0.39 is 5.54 Å². The molecule has 1 unspecified atom stereocenters. The summed E-state index contributed by atoms with van der Waals surface area (Å²) >= 11 is 0. The minimum absolute atomic E-state index is 0.125. The van der Waals surface area contributed by atoms with Crippen LogP contribution in [-0.2, 0) is 18.4 Å². The molecule has 1 aromatic carbocycles. The lowest BCUT2D eigenvalue weighted by molar-refractivity contribution is -0.137. The van der Waals surface area contributed by atoms with Crippen molar-refractivity contribution in [3.8, 4) is 0 Å². The molecule has 25 heavy (non-hydrogen) atoms. The van der Waals surface area contributed by atoms with Gasteiger partial charge in [0.15, 0.2) is 5.69 Å². The van der Waals surface area contributed by atoms with Crippen LogP contribution in [0.3, 0.4) is 0 Å². The van der Waals surface area contributed by atoms with Gasteiger partial charge in [-0.05, 0) is 38.8 Å². The van der Waals surface area contributed by atoms with Crippen molar-refractivity contribution in [2.75, 3.05) is 6.54 Å². The van der Waals surface area contributed by atoms with Gasteiger partial charge in [-0.1, -0.05) is 29.8 Å². The minimum atomic E-state index is -0.812. The maximum Gasteiger partial charge on any atom is 0.275 e. The Hall–Kier alpha value is -2.63. The quantitative estimate of drug-likeness (QED) is 0.925. The predicted octanol–water partition coefficient (Wildman–Crippen LogP) is 1.96. The van der Waals surface area contributed by atoms with Crippen LogP contribution in [0.5, 0.6) is 0 Å².